The van der Waals surface area contributed by atoms with Crippen LogP contribution in [0.25, 0.3) is 21.1 Å². The molecule has 2 fully saturated rings. The van der Waals surface area contributed by atoms with Crippen LogP contribution in [-0.2, 0) is 29.5 Å². The van der Waals surface area contributed by atoms with Gasteiger partial charge >= 0.3 is 6.18 Å². The summed E-state index contributed by atoms with van der Waals surface area (Å²) in [5.74, 6) is 0.972. The second-order valence-electron chi connectivity index (χ2n) is 13.4. The summed E-state index contributed by atoms with van der Waals surface area (Å²) in [5.41, 5.74) is 3.99. The first kappa shape index (κ1) is 36.3. The number of nitrogens with zero attached hydrogens (tertiary/aromatic N) is 7. The van der Waals surface area contributed by atoms with Crippen LogP contribution in [0.5, 0.6) is 0 Å². The lowest BCUT2D eigenvalue weighted by atomic mass is 10.0. The van der Waals surface area contributed by atoms with Crippen molar-refractivity contribution in [3.05, 3.63) is 46.0 Å². The van der Waals surface area contributed by atoms with Crippen LogP contribution < -0.4 is 10.6 Å². The molecule has 0 amide bonds. The van der Waals surface area contributed by atoms with Crippen molar-refractivity contribution in [1.29, 1.82) is 5.26 Å². The van der Waals surface area contributed by atoms with Gasteiger partial charge < -0.3 is 15.2 Å². The summed E-state index contributed by atoms with van der Waals surface area (Å²) in [5, 5.41) is 18.3. The summed E-state index contributed by atoms with van der Waals surface area (Å²) >= 11 is 1.06. The number of fused-ring (bicyclic) bond motifs is 2. The summed E-state index contributed by atoms with van der Waals surface area (Å²) in [6, 6.07) is 10.4. The molecule has 4 aromatic rings. The molecule has 5 heterocycles. The molecule has 6 rings (SSSR count). The number of piperazine rings is 1. The van der Waals surface area contributed by atoms with Crippen LogP contribution in [0.15, 0.2) is 24.3 Å². The third-order valence-corrected chi connectivity index (χ3v) is 12.2. The Labute approximate surface area is 295 Å². The summed E-state index contributed by atoms with van der Waals surface area (Å²) in [6.07, 6.45) is -2.31. The van der Waals surface area contributed by atoms with Crippen molar-refractivity contribution in [3.8, 4) is 6.07 Å². The number of alkyl halides is 3. The smallest absolute Gasteiger partial charge is 0.367 e. The highest BCUT2D eigenvalue weighted by atomic mass is 32.2. The number of nitrogens with one attached hydrogen (secondary N) is 2. The van der Waals surface area contributed by atoms with E-state index in [1.807, 2.05) is 13.0 Å². The molecule has 270 valence electrons. The SMILES string of the molecule is CCNc1nc(NC2CCN(Cc3ccc4c(cc(C#N)n4C[C@H](C)N4CCN(S(C)(=O)=O)CC4)c3C)CC2)c2cc(CC(F)(F)F)sc2n1. The van der Waals surface area contributed by atoms with Crippen LogP contribution in [-0.4, -0.2) is 107 Å². The Balaban J connectivity index is 1.10. The normalized spacial score (nSPS) is 18.1. The van der Waals surface area contributed by atoms with Gasteiger partial charge in [0.1, 0.15) is 22.4 Å². The molecule has 0 spiro atoms. The van der Waals surface area contributed by atoms with E-state index in [1.165, 1.54) is 16.1 Å². The lowest BCUT2D eigenvalue weighted by Crippen LogP contribution is -2.51. The van der Waals surface area contributed by atoms with E-state index in [9.17, 15) is 26.9 Å². The minimum absolute atomic E-state index is 0.122. The number of thiophene rings is 1. The quantitative estimate of drug-likeness (QED) is 0.209. The van der Waals surface area contributed by atoms with Crippen molar-refractivity contribution in [1.82, 2.24) is 28.6 Å². The largest absolute Gasteiger partial charge is 0.393 e. The van der Waals surface area contributed by atoms with Gasteiger partial charge in [-0.05, 0) is 62.9 Å². The molecule has 0 aliphatic carbocycles. The predicted molar refractivity (Wildman–Crippen MR) is 192 cm³/mol. The van der Waals surface area contributed by atoms with E-state index >= 15 is 0 Å². The number of benzene rings is 1. The summed E-state index contributed by atoms with van der Waals surface area (Å²) in [4.78, 5) is 14.5. The van der Waals surface area contributed by atoms with Gasteiger partial charge in [-0.1, -0.05) is 6.07 Å². The summed E-state index contributed by atoms with van der Waals surface area (Å²) < 4.78 is 66.9. The lowest BCUT2D eigenvalue weighted by Gasteiger charge is -2.37. The molecule has 1 atom stereocenters. The van der Waals surface area contributed by atoms with Crippen LogP contribution in [0.1, 0.15) is 48.4 Å². The fraction of sp³-hybridized carbons (Fsp3) is 0.559. The van der Waals surface area contributed by atoms with Gasteiger partial charge in [0.15, 0.2) is 0 Å². The van der Waals surface area contributed by atoms with Gasteiger partial charge in [0.05, 0.1) is 18.1 Å². The predicted octanol–water partition coefficient (Wildman–Crippen LogP) is 5.40. The first-order valence-electron chi connectivity index (χ1n) is 17.0. The molecule has 1 aromatic carbocycles. The zero-order valence-corrected chi connectivity index (χ0v) is 30.5. The summed E-state index contributed by atoms with van der Waals surface area (Å²) in [6.45, 7) is 12.1. The third-order valence-electron chi connectivity index (χ3n) is 9.87. The van der Waals surface area contributed by atoms with Gasteiger partial charge in [-0.3, -0.25) is 9.80 Å². The molecule has 2 aliphatic heterocycles. The maximum atomic E-state index is 13.1. The first-order valence-corrected chi connectivity index (χ1v) is 19.7. The van der Waals surface area contributed by atoms with Gasteiger partial charge in [-0.25, -0.2) is 13.4 Å². The van der Waals surface area contributed by atoms with Crippen LogP contribution in [0.2, 0.25) is 0 Å². The minimum atomic E-state index is -4.29. The fourth-order valence-electron chi connectivity index (χ4n) is 7.11. The topological polar surface area (TPSA) is 122 Å². The van der Waals surface area contributed by atoms with Gasteiger partial charge in [-0.15, -0.1) is 11.3 Å². The van der Waals surface area contributed by atoms with Crippen LogP contribution in [0, 0.1) is 18.3 Å². The Morgan fingerprint density at radius 3 is 2.44 bits per heavy atom. The molecule has 2 N–H and O–H groups in total. The van der Waals surface area contributed by atoms with Crippen molar-refractivity contribution in [2.24, 2.45) is 0 Å². The zero-order valence-electron chi connectivity index (χ0n) is 28.8. The molecule has 3 aromatic heterocycles. The van der Waals surface area contributed by atoms with Crippen molar-refractivity contribution >= 4 is 54.2 Å². The number of likely N-dealkylation sites (tertiary alicyclic amines) is 1. The number of halogens is 3. The van der Waals surface area contributed by atoms with E-state index in [0.29, 0.717) is 66.9 Å². The molecule has 2 aliphatic rings. The van der Waals surface area contributed by atoms with Crippen LogP contribution in [0.3, 0.4) is 0 Å². The van der Waals surface area contributed by atoms with E-state index in [2.05, 4.69) is 67.0 Å². The number of nitriles is 1. The number of hydrogen-bond donors (Lipinski definition) is 2. The van der Waals surface area contributed by atoms with Crippen molar-refractivity contribution in [3.63, 3.8) is 0 Å². The van der Waals surface area contributed by atoms with Gasteiger partial charge in [0, 0.05) is 86.8 Å². The van der Waals surface area contributed by atoms with Crippen molar-refractivity contribution in [2.75, 3.05) is 62.7 Å². The number of anilines is 2. The van der Waals surface area contributed by atoms with Crippen LogP contribution >= 0.6 is 11.3 Å². The highest BCUT2D eigenvalue weighted by Crippen LogP contribution is 2.35. The zero-order chi connectivity index (χ0) is 35.8. The standard InChI is InChI=1S/C34H44F3N9O2S2/c1-5-39-33-41-31(29-17-27(18-34(35,36)37)49-32(29)42-33)40-25-8-10-43(11-9-25)21-24-6-7-30-28(23(24)3)16-26(19-38)46(30)20-22(2)44-12-14-45(15-13-44)50(4,47)48/h6-7,16-17,22,25H,5,8-15,18,20-21H2,1-4H3,(H2,39,40,41,42)/t22-/m0/s1. The van der Waals surface area contributed by atoms with Crippen molar-refractivity contribution in [2.45, 2.75) is 71.4 Å². The summed E-state index contributed by atoms with van der Waals surface area (Å²) in [7, 11) is -3.20. The molecule has 0 saturated carbocycles. The lowest BCUT2D eigenvalue weighted by molar-refractivity contribution is -0.126. The number of rotatable bonds is 11. The molecule has 0 radical (unpaired) electrons. The van der Waals surface area contributed by atoms with E-state index < -0.39 is 22.6 Å². The monoisotopic (exact) mass is 731 g/mol. The van der Waals surface area contributed by atoms with Gasteiger partial charge in [-0.2, -0.15) is 27.7 Å². The molecule has 2 saturated heterocycles. The number of hydrogen-bond acceptors (Lipinski definition) is 10. The molecular weight excluding hydrogens is 688 g/mol. The van der Waals surface area contributed by atoms with Gasteiger partial charge in [0.2, 0.25) is 16.0 Å². The van der Waals surface area contributed by atoms with E-state index in [1.54, 1.807) is 6.07 Å². The third kappa shape index (κ3) is 8.18. The number of sulfonamides is 1. The molecule has 50 heavy (non-hydrogen) atoms. The van der Waals surface area contributed by atoms with E-state index in [-0.39, 0.29) is 17.0 Å². The average Bonchev–Trinajstić information content (AvgIpc) is 3.63. The number of aromatic nitrogens is 3. The Morgan fingerprint density at radius 2 is 1.80 bits per heavy atom. The second-order valence-corrected chi connectivity index (χ2v) is 16.5. The number of piperidine rings is 1. The Kier molecular flexibility index (Phi) is 10.6. The fourth-order valence-corrected chi connectivity index (χ4v) is 9.00. The Hall–Kier alpha value is -3.49. The number of aryl methyl sites for hydroxylation is 1. The highest BCUT2D eigenvalue weighted by Gasteiger charge is 2.30. The Bertz CT molecular complexity index is 1990. The maximum Gasteiger partial charge on any atom is 0.393 e. The van der Waals surface area contributed by atoms with Crippen molar-refractivity contribution < 1.29 is 21.6 Å². The highest BCUT2D eigenvalue weighted by molar-refractivity contribution is 7.88. The average molecular weight is 732 g/mol. The molecule has 16 heteroatoms. The van der Waals surface area contributed by atoms with E-state index in [0.717, 1.165) is 60.3 Å². The van der Waals surface area contributed by atoms with E-state index in [4.69, 9.17) is 0 Å². The van der Waals surface area contributed by atoms with Gasteiger partial charge in [0.25, 0.3) is 0 Å². The molecule has 0 bridgehead atoms. The maximum absolute atomic E-state index is 13.1. The van der Waals surface area contributed by atoms with Crippen LogP contribution in [0.4, 0.5) is 24.9 Å². The minimum Gasteiger partial charge on any atom is -0.367 e. The Morgan fingerprint density at radius 1 is 1.08 bits per heavy atom. The second kappa shape index (κ2) is 14.6. The first-order chi connectivity index (χ1) is 23.7. The molecule has 11 nitrogen and oxygen atoms in total. The molecule has 0 unspecified atom stereocenters. The molecular formula is C34H44F3N9O2S2.